The van der Waals surface area contributed by atoms with Crippen molar-refractivity contribution >= 4 is 0 Å². The Bertz CT molecular complexity index is 444. The van der Waals surface area contributed by atoms with Gasteiger partial charge in [-0.15, -0.1) is 0 Å². The van der Waals surface area contributed by atoms with Crippen LogP contribution in [0.1, 0.15) is 31.2 Å². The van der Waals surface area contributed by atoms with Crippen LogP contribution >= 0.6 is 0 Å². The van der Waals surface area contributed by atoms with Crippen molar-refractivity contribution in [3.8, 4) is 11.5 Å². The lowest BCUT2D eigenvalue weighted by Gasteiger charge is -2.32. The van der Waals surface area contributed by atoms with Crippen molar-refractivity contribution in [2.45, 2.75) is 44.3 Å². The van der Waals surface area contributed by atoms with Crippen molar-refractivity contribution in [1.29, 1.82) is 0 Å². The van der Waals surface area contributed by atoms with E-state index in [-0.39, 0.29) is 0 Å². The van der Waals surface area contributed by atoms with Gasteiger partial charge in [0.05, 0.1) is 14.2 Å². The number of piperidine rings is 1. The molecule has 1 aromatic carbocycles. The second-order valence-electron chi connectivity index (χ2n) is 6.14. The number of hydrogen-bond donors (Lipinski definition) is 1. The van der Waals surface area contributed by atoms with Crippen molar-refractivity contribution in [3.63, 3.8) is 0 Å². The predicted molar refractivity (Wildman–Crippen MR) is 84.0 cm³/mol. The summed E-state index contributed by atoms with van der Waals surface area (Å²) in [5.41, 5.74) is 1.22. The smallest absolute Gasteiger partial charge is 0.122 e. The largest absolute Gasteiger partial charge is 0.497 e. The fourth-order valence-electron chi connectivity index (χ4n) is 3.14. The van der Waals surface area contributed by atoms with E-state index in [1.807, 2.05) is 6.07 Å². The van der Waals surface area contributed by atoms with Crippen LogP contribution in [0.4, 0.5) is 0 Å². The molecule has 1 saturated carbocycles. The zero-order valence-electron chi connectivity index (χ0n) is 13.1. The van der Waals surface area contributed by atoms with Gasteiger partial charge in [0.15, 0.2) is 0 Å². The minimum Gasteiger partial charge on any atom is -0.497 e. The molecule has 0 aromatic heterocycles. The van der Waals surface area contributed by atoms with Crippen LogP contribution < -0.4 is 14.8 Å². The molecule has 0 spiro atoms. The van der Waals surface area contributed by atoms with Crippen LogP contribution in [0.5, 0.6) is 11.5 Å². The number of benzene rings is 1. The number of nitrogens with zero attached hydrogens (tertiary/aromatic N) is 1. The molecule has 0 radical (unpaired) electrons. The van der Waals surface area contributed by atoms with E-state index >= 15 is 0 Å². The monoisotopic (exact) mass is 290 g/mol. The molecule has 0 bridgehead atoms. The van der Waals surface area contributed by atoms with E-state index in [1.54, 1.807) is 14.2 Å². The van der Waals surface area contributed by atoms with Crippen molar-refractivity contribution in [1.82, 2.24) is 10.2 Å². The predicted octanol–water partition coefficient (Wildman–Crippen LogP) is 2.42. The summed E-state index contributed by atoms with van der Waals surface area (Å²) in [6.45, 7) is 3.38. The van der Waals surface area contributed by atoms with Crippen LogP contribution in [0.15, 0.2) is 18.2 Å². The first kappa shape index (κ1) is 14.7. The number of methoxy groups -OCH3 is 2. The summed E-state index contributed by atoms with van der Waals surface area (Å²) in [4.78, 5) is 2.66. The number of likely N-dealkylation sites (tertiary alicyclic amines) is 1. The Morgan fingerprint density at radius 2 is 1.62 bits per heavy atom. The molecule has 21 heavy (non-hydrogen) atoms. The van der Waals surface area contributed by atoms with Crippen LogP contribution in [0, 0.1) is 0 Å². The zero-order chi connectivity index (χ0) is 14.7. The standard InChI is InChI=1S/C17H26N2O2/c1-20-16-9-13(10-17(11-16)21-2)12-18-14-5-7-19(8-6-14)15-3-4-15/h9-11,14-15,18H,3-8,12H2,1-2H3. The minimum atomic E-state index is 0.636. The Labute approximate surface area is 127 Å². The summed E-state index contributed by atoms with van der Waals surface area (Å²) in [7, 11) is 3.39. The van der Waals surface area contributed by atoms with E-state index in [0.29, 0.717) is 6.04 Å². The summed E-state index contributed by atoms with van der Waals surface area (Å²) in [6.07, 6.45) is 5.36. The van der Waals surface area contributed by atoms with Crippen molar-refractivity contribution in [2.24, 2.45) is 0 Å². The molecule has 1 heterocycles. The number of ether oxygens (including phenoxy) is 2. The van der Waals surface area contributed by atoms with Gasteiger partial charge in [-0.05, 0) is 56.5 Å². The van der Waals surface area contributed by atoms with Crippen molar-refractivity contribution in [3.05, 3.63) is 23.8 Å². The second kappa shape index (κ2) is 6.67. The van der Waals surface area contributed by atoms with Crippen LogP contribution in [-0.2, 0) is 6.54 Å². The number of rotatable bonds is 6. The highest BCUT2D eigenvalue weighted by Crippen LogP contribution is 2.29. The molecule has 4 nitrogen and oxygen atoms in total. The van der Waals surface area contributed by atoms with Gasteiger partial charge >= 0.3 is 0 Å². The number of nitrogens with one attached hydrogen (secondary N) is 1. The fraction of sp³-hybridized carbons (Fsp3) is 0.647. The quantitative estimate of drug-likeness (QED) is 0.872. The van der Waals surface area contributed by atoms with Gasteiger partial charge in [0.2, 0.25) is 0 Å². The van der Waals surface area contributed by atoms with Crippen molar-refractivity contribution < 1.29 is 9.47 Å². The molecule has 1 aliphatic heterocycles. The Hall–Kier alpha value is -1.26. The van der Waals surface area contributed by atoms with Gasteiger partial charge in [-0.2, -0.15) is 0 Å². The van der Waals surface area contributed by atoms with Crippen LogP contribution in [0.3, 0.4) is 0 Å². The Morgan fingerprint density at radius 1 is 1.00 bits per heavy atom. The molecule has 1 aromatic rings. The summed E-state index contributed by atoms with van der Waals surface area (Å²) in [5, 5.41) is 3.68. The van der Waals surface area contributed by atoms with Crippen LogP contribution in [-0.4, -0.2) is 44.3 Å². The SMILES string of the molecule is COc1cc(CNC2CCN(C3CC3)CC2)cc(OC)c1. The van der Waals surface area contributed by atoms with E-state index in [0.717, 1.165) is 24.1 Å². The van der Waals surface area contributed by atoms with Crippen molar-refractivity contribution in [2.75, 3.05) is 27.3 Å². The van der Waals surface area contributed by atoms with Gasteiger partial charge in [-0.25, -0.2) is 0 Å². The maximum absolute atomic E-state index is 5.32. The minimum absolute atomic E-state index is 0.636. The van der Waals surface area contributed by atoms with E-state index in [4.69, 9.17) is 9.47 Å². The number of hydrogen-bond acceptors (Lipinski definition) is 4. The first-order chi connectivity index (χ1) is 10.3. The normalized spacial score (nSPS) is 20.5. The molecule has 0 amide bonds. The van der Waals surface area contributed by atoms with Gasteiger partial charge in [-0.1, -0.05) is 0 Å². The molecule has 0 atom stereocenters. The maximum atomic E-state index is 5.32. The van der Waals surface area contributed by atoms with E-state index in [9.17, 15) is 0 Å². The lowest BCUT2D eigenvalue weighted by molar-refractivity contribution is 0.189. The van der Waals surface area contributed by atoms with Gasteiger partial charge in [0, 0.05) is 24.7 Å². The third-order valence-electron chi connectivity index (χ3n) is 4.60. The fourth-order valence-corrected chi connectivity index (χ4v) is 3.14. The molecule has 116 valence electrons. The van der Waals surface area contributed by atoms with E-state index < -0.39 is 0 Å². The Balaban J connectivity index is 1.50. The van der Waals surface area contributed by atoms with Gasteiger partial charge < -0.3 is 19.7 Å². The first-order valence-electron chi connectivity index (χ1n) is 7.98. The molecule has 1 N–H and O–H groups in total. The Kier molecular flexibility index (Phi) is 4.66. The summed E-state index contributed by atoms with van der Waals surface area (Å²) >= 11 is 0. The van der Waals surface area contributed by atoms with E-state index in [2.05, 4.69) is 22.3 Å². The molecule has 0 unspecified atom stereocenters. The third-order valence-corrected chi connectivity index (χ3v) is 4.60. The molecule has 2 fully saturated rings. The highest BCUT2D eigenvalue weighted by molar-refractivity contribution is 5.38. The Morgan fingerprint density at radius 3 is 2.14 bits per heavy atom. The topological polar surface area (TPSA) is 33.7 Å². The summed E-state index contributed by atoms with van der Waals surface area (Å²) in [6, 6.07) is 7.62. The molecule has 2 aliphatic rings. The summed E-state index contributed by atoms with van der Waals surface area (Å²) in [5.74, 6) is 1.71. The molecular weight excluding hydrogens is 264 g/mol. The van der Waals surface area contributed by atoms with Crippen LogP contribution in [0.25, 0.3) is 0 Å². The average molecular weight is 290 g/mol. The molecule has 1 saturated heterocycles. The summed E-state index contributed by atoms with van der Waals surface area (Å²) < 4.78 is 10.6. The van der Waals surface area contributed by atoms with Gasteiger partial charge in [0.25, 0.3) is 0 Å². The van der Waals surface area contributed by atoms with Gasteiger partial charge in [-0.3, -0.25) is 0 Å². The zero-order valence-corrected chi connectivity index (χ0v) is 13.1. The first-order valence-corrected chi connectivity index (χ1v) is 7.98. The molecule has 3 rings (SSSR count). The van der Waals surface area contributed by atoms with Gasteiger partial charge in [0.1, 0.15) is 11.5 Å². The molecule has 1 aliphatic carbocycles. The highest BCUT2D eigenvalue weighted by atomic mass is 16.5. The average Bonchev–Trinajstić information content (AvgIpc) is 3.38. The third kappa shape index (κ3) is 3.89. The highest BCUT2D eigenvalue weighted by Gasteiger charge is 2.31. The van der Waals surface area contributed by atoms with E-state index in [1.165, 1.54) is 44.3 Å². The molecule has 4 heteroatoms. The maximum Gasteiger partial charge on any atom is 0.122 e. The van der Waals surface area contributed by atoms with Crippen LogP contribution in [0.2, 0.25) is 0 Å². The molecular formula is C17H26N2O2. The lowest BCUT2D eigenvalue weighted by atomic mass is 10.0. The lowest BCUT2D eigenvalue weighted by Crippen LogP contribution is -2.43. The second-order valence-corrected chi connectivity index (χ2v) is 6.14.